The Hall–Kier alpha value is -2.58. The molecule has 1 fully saturated rings. The fourth-order valence-corrected chi connectivity index (χ4v) is 3.96. The van der Waals surface area contributed by atoms with Gasteiger partial charge in [-0.2, -0.15) is 0 Å². The predicted octanol–water partition coefficient (Wildman–Crippen LogP) is 3.37. The number of benzene rings is 1. The molecule has 9 heteroatoms. The van der Waals surface area contributed by atoms with E-state index in [9.17, 15) is 14.7 Å². The molecule has 1 aliphatic rings. The zero-order chi connectivity index (χ0) is 22.2. The summed E-state index contributed by atoms with van der Waals surface area (Å²) in [4.78, 5) is 26.5. The summed E-state index contributed by atoms with van der Waals surface area (Å²) >= 11 is 5.92. The summed E-state index contributed by atoms with van der Waals surface area (Å²) in [5, 5.41) is 16.7. The molecule has 8 nitrogen and oxygen atoms in total. The molecule has 2 N–H and O–H groups in total. The number of carbonyl (C=O) groups excluding carboxylic acids is 1. The van der Waals surface area contributed by atoms with Gasteiger partial charge in [0.15, 0.2) is 5.76 Å². The van der Waals surface area contributed by atoms with Crippen LogP contribution < -0.4 is 5.32 Å². The molecule has 1 aromatic heterocycles. The third kappa shape index (κ3) is 6.97. The molecule has 31 heavy (non-hydrogen) atoms. The van der Waals surface area contributed by atoms with Gasteiger partial charge >= 0.3 is 6.09 Å². The number of likely N-dealkylation sites (tertiary alicyclic amines) is 1. The molecule has 1 saturated heterocycles. The van der Waals surface area contributed by atoms with Gasteiger partial charge in [-0.1, -0.05) is 16.8 Å². The Morgan fingerprint density at radius 1 is 1.29 bits per heavy atom. The van der Waals surface area contributed by atoms with Crippen molar-refractivity contribution in [3.8, 4) is 11.3 Å². The van der Waals surface area contributed by atoms with Gasteiger partial charge in [-0.3, -0.25) is 9.69 Å². The van der Waals surface area contributed by atoms with Crippen LogP contribution in [0.15, 0.2) is 34.9 Å². The van der Waals surface area contributed by atoms with Crippen LogP contribution in [0.2, 0.25) is 5.02 Å². The smallest absolute Gasteiger partial charge is 0.407 e. The van der Waals surface area contributed by atoms with E-state index in [1.165, 1.54) is 11.9 Å². The first-order chi connectivity index (χ1) is 14.9. The van der Waals surface area contributed by atoms with Gasteiger partial charge < -0.3 is 19.8 Å². The van der Waals surface area contributed by atoms with Crippen molar-refractivity contribution in [3.63, 3.8) is 0 Å². The second-order valence-corrected chi connectivity index (χ2v) is 8.35. The molecule has 0 atom stereocenters. The minimum absolute atomic E-state index is 0.109. The van der Waals surface area contributed by atoms with Crippen LogP contribution in [-0.2, 0) is 11.2 Å². The lowest BCUT2D eigenvalue weighted by atomic mass is 9.96. The molecule has 2 amide bonds. The summed E-state index contributed by atoms with van der Waals surface area (Å²) in [7, 11) is 1.51. The number of rotatable bonds is 9. The minimum atomic E-state index is -1.04. The van der Waals surface area contributed by atoms with Crippen LogP contribution in [0, 0.1) is 5.92 Å². The summed E-state index contributed by atoms with van der Waals surface area (Å²) < 4.78 is 5.45. The van der Waals surface area contributed by atoms with E-state index in [1.54, 1.807) is 0 Å². The summed E-state index contributed by atoms with van der Waals surface area (Å²) in [6.07, 6.45) is 2.65. The monoisotopic (exact) mass is 448 g/mol. The zero-order valence-electron chi connectivity index (χ0n) is 17.7. The Balaban J connectivity index is 1.38. The summed E-state index contributed by atoms with van der Waals surface area (Å²) in [6.45, 7) is 3.14. The van der Waals surface area contributed by atoms with E-state index in [0.29, 0.717) is 11.6 Å². The molecule has 2 heterocycles. The molecule has 0 spiro atoms. The van der Waals surface area contributed by atoms with Crippen molar-refractivity contribution < 1.29 is 19.2 Å². The molecule has 0 radical (unpaired) electrons. The van der Waals surface area contributed by atoms with Crippen molar-refractivity contribution in [2.45, 2.75) is 25.7 Å². The van der Waals surface area contributed by atoms with Gasteiger partial charge in [0.1, 0.15) is 6.54 Å². The number of piperidine rings is 1. The molecular weight excluding hydrogens is 420 g/mol. The van der Waals surface area contributed by atoms with Crippen LogP contribution in [-0.4, -0.2) is 71.8 Å². The Labute approximate surface area is 187 Å². The second kappa shape index (κ2) is 11.2. The van der Waals surface area contributed by atoms with Crippen molar-refractivity contribution in [1.82, 2.24) is 20.3 Å². The highest BCUT2D eigenvalue weighted by atomic mass is 35.5. The molecule has 0 bridgehead atoms. The number of carboxylic acid groups (broad SMARTS) is 1. The minimum Gasteiger partial charge on any atom is -0.465 e. The van der Waals surface area contributed by atoms with Crippen LogP contribution in [0.4, 0.5) is 4.79 Å². The Bertz CT molecular complexity index is 863. The first-order valence-corrected chi connectivity index (χ1v) is 10.9. The van der Waals surface area contributed by atoms with Crippen LogP contribution >= 0.6 is 11.6 Å². The van der Waals surface area contributed by atoms with Gasteiger partial charge in [-0.25, -0.2) is 4.79 Å². The normalized spacial score (nSPS) is 15.0. The largest absolute Gasteiger partial charge is 0.465 e. The maximum atomic E-state index is 11.5. The lowest BCUT2D eigenvalue weighted by Crippen LogP contribution is -2.44. The molecule has 1 aliphatic heterocycles. The Kier molecular flexibility index (Phi) is 8.31. The number of aromatic nitrogens is 1. The molecule has 0 aliphatic carbocycles. The number of nitrogens with one attached hydrogen (secondary N) is 1. The number of hydrogen-bond acceptors (Lipinski definition) is 5. The van der Waals surface area contributed by atoms with E-state index in [1.807, 2.05) is 30.3 Å². The summed E-state index contributed by atoms with van der Waals surface area (Å²) in [5.74, 6) is 0.744. The lowest BCUT2D eigenvalue weighted by Gasteiger charge is -2.34. The second-order valence-electron chi connectivity index (χ2n) is 7.91. The van der Waals surface area contributed by atoms with E-state index < -0.39 is 6.09 Å². The van der Waals surface area contributed by atoms with Crippen molar-refractivity contribution in [2.75, 3.05) is 39.8 Å². The standard InChI is InChI=1S/C22H29ClN4O4/c1-24-21(28)15-27(22(29)30)14-16-8-11-26(12-9-16)10-2-3-19-13-20(31-25-19)17-4-6-18(23)7-5-17/h4-7,13,16H,2-3,8-12,14-15H2,1H3,(H,24,28)(H,29,30). The summed E-state index contributed by atoms with van der Waals surface area (Å²) in [5.41, 5.74) is 1.89. The average molecular weight is 449 g/mol. The van der Waals surface area contributed by atoms with Crippen molar-refractivity contribution in [2.24, 2.45) is 5.92 Å². The predicted molar refractivity (Wildman–Crippen MR) is 118 cm³/mol. The van der Waals surface area contributed by atoms with Gasteiger partial charge in [-0.05, 0) is 75.5 Å². The van der Waals surface area contributed by atoms with Gasteiger partial charge in [0, 0.05) is 30.2 Å². The van der Waals surface area contributed by atoms with Gasteiger partial charge in [0.05, 0.1) is 5.69 Å². The van der Waals surface area contributed by atoms with Crippen LogP contribution in [0.1, 0.15) is 25.0 Å². The highest BCUT2D eigenvalue weighted by Gasteiger charge is 2.24. The van der Waals surface area contributed by atoms with Crippen LogP contribution in [0.3, 0.4) is 0 Å². The zero-order valence-corrected chi connectivity index (χ0v) is 18.5. The molecule has 2 aromatic rings. The number of amides is 2. The Morgan fingerprint density at radius 2 is 2.00 bits per heavy atom. The van der Waals surface area contributed by atoms with Crippen molar-refractivity contribution in [1.29, 1.82) is 0 Å². The van der Waals surface area contributed by atoms with Crippen LogP contribution in [0.25, 0.3) is 11.3 Å². The number of aryl methyl sites for hydroxylation is 1. The number of hydrogen-bond donors (Lipinski definition) is 2. The molecule has 168 valence electrons. The molecule has 3 rings (SSSR count). The third-order valence-electron chi connectivity index (χ3n) is 5.66. The highest BCUT2D eigenvalue weighted by molar-refractivity contribution is 6.30. The van der Waals surface area contributed by atoms with Gasteiger partial charge in [0.2, 0.25) is 5.91 Å². The van der Waals surface area contributed by atoms with Crippen molar-refractivity contribution >= 4 is 23.6 Å². The average Bonchev–Trinajstić information content (AvgIpc) is 3.23. The SMILES string of the molecule is CNC(=O)CN(CC1CCN(CCCc2cc(-c3ccc(Cl)cc3)on2)CC1)C(=O)O. The molecule has 0 unspecified atom stereocenters. The number of nitrogens with zero attached hydrogens (tertiary/aromatic N) is 3. The lowest BCUT2D eigenvalue weighted by molar-refractivity contribution is -0.121. The number of carbonyl (C=O) groups is 2. The molecule has 0 saturated carbocycles. The first-order valence-electron chi connectivity index (χ1n) is 10.6. The van der Waals surface area contributed by atoms with E-state index in [0.717, 1.165) is 62.3 Å². The maximum absolute atomic E-state index is 11.5. The van der Waals surface area contributed by atoms with Crippen LogP contribution in [0.5, 0.6) is 0 Å². The maximum Gasteiger partial charge on any atom is 0.407 e. The molecule has 1 aromatic carbocycles. The highest BCUT2D eigenvalue weighted by Crippen LogP contribution is 2.23. The van der Waals surface area contributed by atoms with E-state index in [4.69, 9.17) is 16.1 Å². The quantitative estimate of drug-likeness (QED) is 0.610. The van der Waals surface area contributed by atoms with Crippen molar-refractivity contribution in [3.05, 3.63) is 41.0 Å². The van der Waals surface area contributed by atoms with E-state index >= 15 is 0 Å². The fraction of sp³-hybridized carbons (Fsp3) is 0.500. The third-order valence-corrected chi connectivity index (χ3v) is 5.92. The molecular formula is C22H29ClN4O4. The number of likely N-dealkylation sites (N-methyl/N-ethyl adjacent to an activating group) is 1. The fourth-order valence-electron chi connectivity index (χ4n) is 3.83. The van der Waals surface area contributed by atoms with Gasteiger partial charge in [0.25, 0.3) is 0 Å². The first kappa shape index (κ1) is 23.1. The number of halogens is 1. The topological polar surface area (TPSA) is 98.9 Å². The van der Waals surface area contributed by atoms with Gasteiger partial charge in [-0.15, -0.1) is 0 Å². The van der Waals surface area contributed by atoms with E-state index in [-0.39, 0.29) is 18.4 Å². The van der Waals surface area contributed by atoms with E-state index in [2.05, 4.69) is 15.4 Å². The Morgan fingerprint density at radius 3 is 2.65 bits per heavy atom. The summed E-state index contributed by atoms with van der Waals surface area (Å²) in [6, 6.07) is 9.46.